The number of nitrogens with zero attached hydrogens (tertiary/aromatic N) is 2. The second-order valence-corrected chi connectivity index (χ2v) is 21.0. The first-order chi connectivity index (χ1) is 36.4. The minimum Gasteiger partial charge on any atom is -0.454 e. The Labute approximate surface area is 429 Å². The molecule has 2 heterocycles. The maximum Gasteiger partial charge on any atom is 0.159 e. The molecule has 0 unspecified atom stereocenters. The summed E-state index contributed by atoms with van der Waals surface area (Å²) in [5, 5.41) is 8.86. The van der Waals surface area contributed by atoms with Gasteiger partial charge in [0, 0.05) is 59.5 Å². The quantitative estimate of drug-likeness (QED) is 0.148. The van der Waals surface area contributed by atoms with Crippen LogP contribution in [0.3, 0.4) is 0 Å². The SMILES string of the molecule is [2H]c1c2c3c(cccc3c3cc(-c4ccc(N(c5ccccc5)c5ccc6c(c5)C(C)(C)c5ccccc5-6)c5ccccc45)ccc13)Sc1cc(N(c3ccccc3)c3cccc4c3oc3ccccc34)ccc1-2. The van der Waals surface area contributed by atoms with Crippen LogP contribution in [0.15, 0.2) is 257 Å². The second kappa shape index (κ2) is 16.1. The topological polar surface area (TPSA) is 19.6 Å². The van der Waals surface area contributed by atoms with Crippen LogP contribution in [0, 0.1) is 0 Å². The average Bonchev–Trinajstić information content (AvgIpc) is 3.94. The van der Waals surface area contributed by atoms with Crippen LogP contribution in [0.4, 0.5) is 34.1 Å². The highest BCUT2D eigenvalue weighted by molar-refractivity contribution is 7.99. The van der Waals surface area contributed by atoms with Gasteiger partial charge in [0.15, 0.2) is 5.58 Å². The Kier molecular flexibility index (Phi) is 9.01. The minimum absolute atomic E-state index is 0.126. The Morgan fingerprint density at radius 1 is 0.397 bits per heavy atom. The summed E-state index contributed by atoms with van der Waals surface area (Å²) in [6.07, 6.45) is 0. The second-order valence-electron chi connectivity index (χ2n) is 19.9. The minimum atomic E-state index is -0.126. The van der Waals surface area contributed by atoms with Gasteiger partial charge in [-0.3, -0.25) is 0 Å². The zero-order chi connectivity index (χ0) is 49.2. The molecule has 0 fully saturated rings. The molecule has 0 radical (unpaired) electrons. The van der Waals surface area contributed by atoms with Gasteiger partial charge in [0.2, 0.25) is 0 Å². The number of hydrogen-bond acceptors (Lipinski definition) is 4. The lowest BCUT2D eigenvalue weighted by molar-refractivity contribution is 0.660. The summed E-state index contributed by atoms with van der Waals surface area (Å²) in [4.78, 5) is 7.00. The number of hydrogen-bond donors (Lipinski definition) is 0. The Morgan fingerprint density at radius 3 is 1.85 bits per heavy atom. The zero-order valence-corrected chi connectivity index (χ0v) is 41.0. The Balaban J connectivity index is 0.850. The predicted molar refractivity (Wildman–Crippen MR) is 308 cm³/mol. The summed E-state index contributed by atoms with van der Waals surface area (Å²) < 4.78 is 16.7. The predicted octanol–water partition coefficient (Wildman–Crippen LogP) is 20.1. The summed E-state index contributed by atoms with van der Waals surface area (Å²) in [5.41, 5.74) is 17.7. The van der Waals surface area contributed by atoms with Gasteiger partial charge in [0.25, 0.3) is 0 Å². The normalized spacial score (nSPS) is 13.3. The van der Waals surface area contributed by atoms with Crippen LogP contribution in [0.2, 0.25) is 0 Å². The van der Waals surface area contributed by atoms with E-state index in [1.807, 2.05) is 12.1 Å². The maximum atomic E-state index is 10.0. The first kappa shape index (κ1) is 40.9. The van der Waals surface area contributed by atoms with Crippen LogP contribution < -0.4 is 9.80 Å². The molecule has 4 heteroatoms. The van der Waals surface area contributed by atoms with Gasteiger partial charge < -0.3 is 14.2 Å². The van der Waals surface area contributed by atoms with Crippen molar-refractivity contribution in [2.45, 2.75) is 29.1 Å². The molecule has 2 aliphatic rings. The van der Waals surface area contributed by atoms with Gasteiger partial charge in [-0.2, -0.15) is 0 Å². The molecule has 0 bridgehead atoms. The van der Waals surface area contributed by atoms with Crippen molar-refractivity contribution < 1.29 is 5.79 Å². The molecule has 1 aromatic heterocycles. The highest BCUT2D eigenvalue weighted by Crippen LogP contribution is 2.54. The van der Waals surface area contributed by atoms with Gasteiger partial charge in [-0.15, -0.1) is 0 Å². The molecular formula is C69H46N2OS. The molecule has 0 spiro atoms. The molecule has 344 valence electrons. The summed E-state index contributed by atoms with van der Waals surface area (Å²) in [6, 6.07) is 85.9. The largest absolute Gasteiger partial charge is 0.454 e. The highest BCUT2D eigenvalue weighted by atomic mass is 32.2. The van der Waals surface area contributed by atoms with E-state index in [1.165, 1.54) is 33.0 Å². The van der Waals surface area contributed by atoms with Crippen molar-refractivity contribution in [2.24, 2.45) is 0 Å². The van der Waals surface area contributed by atoms with Crippen LogP contribution in [0.1, 0.15) is 26.3 Å². The van der Waals surface area contributed by atoms with Crippen molar-refractivity contribution in [3.8, 4) is 33.4 Å². The Morgan fingerprint density at radius 2 is 1.03 bits per heavy atom. The van der Waals surface area contributed by atoms with E-state index >= 15 is 0 Å². The van der Waals surface area contributed by atoms with E-state index in [1.54, 1.807) is 11.8 Å². The fourth-order valence-corrected chi connectivity index (χ4v) is 13.2. The standard InChI is InChI=1S/C69H46N2OS/c1-69(2)60-27-13-11-22-51(60)52-35-33-47(41-61(52)69)70(45-17-5-3-6-18-45)62-38-37-49(50-21-9-10-23-53(50)62)43-31-32-44-40-59-55-36-34-48(42-66(55)73-65-30-16-25-56(67(59)65)58(44)39-43)71(46-19-7-4-8-20-46)63-28-15-26-57-54-24-12-14-29-64(54)72-68(57)63/h3-42H,1-2H3/i40D. The molecule has 0 N–H and O–H groups in total. The molecule has 12 aromatic carbocycles. The molecule has 1 aliphatic carbocycles. The van der Waals surface area contributed by atoms with Crippen LogP contribution >= 0.6 is 11.8 Å². The van der Waals surface area contributed by atoms with E-state index in [0.717, 1.165) is 110 Å². The molecule has 0 amide bonds. The van der Waals surface area contributed by atoms with E-state index in [4.69, 9.17) is 4.42 Å². The molecule has 3 nitrogen and oxygen atoms in total. The van der Waals surface area contributed by atoms with E-state index in [-0.39, 0.29) is 5.41 Å². The Hall–Kier alpha value is -8.83. The molecule has 0 atom stereocenters. The molecule has 0 saturated heterocycles. The van der Waals surface area contributed by atoms with Crippen molar-refractivity contribution in [1.29, 1.82) is 0 Å². The van der Waals surface area contributed by atoms with Crippen molar-refractivity contribution in [3.05, 3.63) is 254 Å². The average molecular weight is 952 g/mol. The summed E-state index contributed by atoms with van der Waals surface area (Å²) >= 11 is 1.79. The fourth-order valence-electron chi connectivity index (χ4n) is 12.1. The monoisotopic (exact) mass is 951 g/mol. The number of rotatable bonds is 7. The summed E-state index contributed by atoms with van der Waals surface area (Å²) in [5.74, 6) is 0. The van der Waals surface area contributed by atoms with Crippen LogP contribution in [-0.4, -0.2) is 0 Å². The van der Waals surface area contributed by atoms with Gasteiger partial charge in [-0.1, -0.05) is 183 Å². The molecule has 0 saturated carbocycles. The van der Waals surface area contributed by atoms with Crippen molar-refractivity contribution >= 4 is 100 Å². The third kappa shape index (κ3) is 6.40. The van der Waals surface area contributed by atoms with E-state index in [2.05, 4.69) is 248 Å². The molecule has 73 heavy (non-hydrogen) atoms. The zero-order valence-electron chi connectivity index (χ0n) is 41.2. The van der Waals surface area contributed by atoms with Crippen molar-refractivity contribution in [2.75, 3.05) is 9.80 Å². The number of furan rings is 1. The lowest BCUT2D eigenvalue weighted by Gasteiger charge is -2.29. The van der Waals surface area contributed by atoms with Gasteiger partial charge in [-0.05, 0) is 151 Å². The van der Waals surface area contributed by atoms with E-state index in [0.29, 0.717) is 6.04 Å². The van der Waals surface area contributed by atoms with Gasteiger partial charge in [0.1, 0.15) is 5.58 Å². The van der Waals surface area contributed by atoms with Crippen LogP contribution in [0.25, 0.3) is 87.6 Å². The van der Waals surface area contributed by atoms with Gasteiger partial charge in [-0.25, -0.2) is 0 Å². The third-order valence-electron chi connectivity index (χ3n) is 15.5. The van der Waals surface area contributed by atoms with E-state index < -0.39 is 0 Å². The maximum absolute atomic E-state index is 10.0. The first-order valence-electron chi connectivity index (χ1n) is 25.6. The molecule has 15 rings (SSSR count). The number of benzene rings is 12. The number of para-hydroxylation sites is 4. The van der Waals surface area contributed by atoms with Crippen molar-refractivity contribution in [3.63, 3.8) is 0 Å². The van der Waals surface area contributed by atoms with E-state index in [9.17, 15) is 1.37 Å². The smallest absolute Gasteiger partial charge is 0.159 e. The fraction of sp³-hybridized carbons (Fsp3) is 0.0435. The third-order valence-corrected chi connectivity index (χ3v) is 16.6. The molecule has 1 aliphatic heterocycles. The summed E-state index contributed by atoms with van der Waals surface area (Å²) in [6.45, 7) is 4.70. The van der Waals surface area contributed by atoms with Crippen LogP contribution in [0.5, 0.6) is 0 Å². The molecule has 13 aromatic rings. The lowest BCUT2D eigenvalue weighted by Crippen LogP contribution is -2.16. The van der Waals surface area contributed by atoms with Gasteiger partial charge in [0.05, 0.1) is 12.7 Å². The molecular weight excluding hydrogens is 905 g/mol. The lowest BCUT2D eigenvalue weighted by atomic mass is 9.82. The first-order valence-corrected chi connectivity index (χ1v) is 25.9. The summed E-state index contributed by atoms with van der Waals surface area (Å²) in [7, 11) is 0. The van der Waals surface area contributed by atoms with Crippen LogP contribution in [-0.2, 0) is 5.41 Å². The number of fused-ring (bicyclic) bond motifs is 11. The highest BCUT2D eigenvalue weighted by Gasteiger charge is 2.36. The van der Waals surface area contributed by atoms with Gasteiger partial charge >= 0.3 is 0 Å². The van der Waals surface area contributed by atoms with Crippen molar-refractivity contribution in [1.82, 2.24) is 0 Å². The number of anilines is 6. The Bertz CT molecular complexity index is 4460.